The highest BCUT2D eigenvalue weighted by atomic mass is 16.2. The van der Waals surface area contributed by atoms with Crippen molar-refractivity contribution in [2.45, 2.75) is 40.7 Å². The molecule has 1 saturated carbocycles. The molecule has 0 spiro atoms. The summed E-state index contributed by atoms with van der Waals surface area (Å²) in [6.45, 7) is 9.95. The van der Waals surface area contributed by atoms with Crippen LogP contribution in [0.15, 0.2) is 42.5 Å². The molecule has 0 unspecified atom stereocenters. The van der Waals surface area contributed by atoms with Gasteiger partial charge in [0.1, 0.15) is 5.41 Å². The molecule has 1 aliphatic carbocycles. The molecule has 0 radical (unpaired) electrons. The molecular weight excluding hydrogens is 296 g/mol. The van der Waals surface area contributed by atoms with Gasteiger partial charge in [-0.3, -0.25) is 4.79 Å². The fraction of sp³-hybridized carbons (Fsp3) is 0.429. The summed E-state index contributed by atoms with van der Waals surface area (Å²) in [7, 11) is 0. The minimum Gasteiger partial charge on any atom is -0.348 e. The zero-order valence-electron chi connectivity index (χ0n) is 15.0. The maximum absolute atomic E-state index is 12.9. The van der Waals surface area contributed by atoms with Crippen molar-refractivity contribution in [3.05, 3.63) is 48.0 Å². The Labute approximate surface area is 143 Å². The first-order valence-corrected chi connectivity index (χ1v) is 8.40. The summed E-state index contributed by atoms with van der Waals surface area (Å²) in [6.07, 6.45) is 0. The fourth-order valence-corrected chi connectivity index (χ4v) is 4.08. The lowest BCUT2D eigenvalue weighted by atomic mass is 9.94. The smallest absolute Gasteiger partial charge is 0.242 e. The lowest BCUT2D eigenvalue weighted by Gasteiger charge is -2.19. The summed E-state index contributed by atoms with van der Waals surface area (Å²) in [6, 6.07) is 16.5. The molecule has 3 rings (SSSR count). The number of rotatable bonds is 3. The highest BCUT2D eigenvalue weighted by molar-refractivity contribution is 5.92. The summed E-state index contributed by atoms with van der Waals surface area (Å²) < 4.78 is 0. The van der Waals surface area contributed by atoms with E-state index in [-0.39, 0.29) is 22.8 Å². The SMILES string of the molecule is C[C@@H](NC(=O)C1(C#N)C(C)(C)C1(C)C)c1ccc2ccccc2c1. The van der Waals surface area contributed by atoms with Gasteiger partial charge in [0.25, 0.3) is 0 Å². The number of fused-ring (bicyclic) bond motifs is 1. The van der Waals surface area contributed by atoms with Gasteiger partial charge in [-0.15, -0.1) is 0 Å². The molecule has 3 nitrogen and oxygen atoms in total. The highest BCUT2D eigenvalue weighted by Crippen LogP contribution is 2.77. The number of carbonyl (C=O) groups is 1. The van der Waals surface area contributed by atoms with E-state index in [9.17, 15) is 10.1 Å². The van der Waals surface area contributed by atoms with Crippen molar-refractivity contribution in [1.29, 1.82) is 5.26 Å². The second kappa shape index (κ2) is 5.08. The van der Waals surface area contributed by atoms with E-state index in [4.69, 9.17) is 0 Å². The van der Waals surface area contributed by atoms with Crippen LogP contribution >= 0.6 is 0 Å². The molecule has 0 aromatic heterocycles. The third kappa shape index (κ3) is 1.92. The molecule has 0 bridgehead atoms. The molecule has 1 fully saturated rings. The second-order valence-corrected chi connectivity index (χ2v) is 7.91. The van der Waals surface area contributed by atoms with E-state index in [1.165, 1.54) is 5.39 Å². The van der Waals surface area contributed by atoms with Crippen LogP contribution in [0.5, 0.6) is 0 Å². The van der Waals surface area contributed by atoms with E-state index in [1.54, 1.807) is 0 Å². The Balaban J connectivity index is 1.85. The average Bonchev–Trinajstić information content (AvgIpc) is 2.91. The van der Waals surface area contributed by atoms with Crippen molar-refractivity contribution in [3.8, 4) is 6.07 Å². The number of nitrogens with zero attached hydrogens (tertiary/aromatic N) is 1. The minimum absolute atomic E-state index is 0.139. The van der Waals surface area contributed by atoms with E-state index in [0.29, 0.717) is 0 Å². The quantitative estimate of drug-likeness (QED) is 0.899. The first-order chi connectivity index (χ1) is 11.2. The summed E-state index contributed by atoms with van der Waals surface area (Å²) >= 11 is 0. The Morgan fingerprint density at radius 3 is 2.17 bits per heavy atom. The Morgan fingerprint density at radius 2 is 1.62 bits per heavy atom. The number of benzene rings is 2. The zero-order valence-corrected chi connectivity index (χ0v) is 15.0. The summed E-state index contributed by atoms with van der Waals surface area (Å²) in [4.78, 5) is 12.9. The predicted octanol–water partition coefficient (Wildman–Crippen LogP) is 4.59. The first kappa shape index (κ1) is 16.5. The highest BCUT2D eigenvalue weighted by Gasteiger charge is 2.82. The third-order valence-corrected chi connectivity index (χ3v) is 6.50. The van der Waals surface area contributed by atoms with Gasteiger partial charge in [-0.2, -0.15) is 5.26 Å². The van der Waals surface area contributed by atoms with Gasteiger partial charge in [0.15, 0.2) is 0 Å². The lowest BCUT2D eigenvalue weighted by molar-refractivity contribution is -0.126. The third-order valence-electron chi connectivity index (χ3n) is 6.50. The van der Waals surface area contributed by atoms with Gasteiger partial charge in [0.2, 0.25) is 5.91 Å². The van der Waals surface area contributed by atoms with Crippen molar-refractivity contribution in [3.63, 3.8) is 0 Å². The van der Waals surface area contributed by atoms with Gasteiger partial charge < -0.3 is 5.32 Å². The zero-order chi connectivity index (χ0) is 17.8. The van der Waals surface area contributed by atoms with Crippen LogP contribution in [-0.2, 0) is 4.79 Å². The Morgan fingerprint density at radius 1 is 1.04 bits per heavy atom. The molecule has 1 N–H and O–H groups in total. The number of amides is 1. The van der Waals surface area contributed by atoms with Gasteiger partial charge in [0.05, 0.1) is 12.1 Å². The van der Waals surface area contributed by atoms with E-state index < -0.39 is 5.41 Å². The minimum atomic E-state index is -0.967. The monoisotopic (exact) mass is 320 g/mol. The topological polar surface area (TPSA) is 52.9 Å². The molecule has 24 heavy (non-hydrogen) atoms. The van der Waals surface area contributed by atoms with Gasteiger partial charge in [-0.05, 0) is 29.3 Å². The van der Waals surface area contributed by atoms with Crippen LogP contribution in [0.25, 0.3) is 10.8 Å². The van der Waals surface area contributed by atoms with Gasteiger partial charge in [-0.1, -0.05) is 64.1 Å². The van der Waals surface area contributed by atoms with Crippen molar-refractivity contribution < 1.29 is 4.79 Å². The molecule has 2 aromatic carbocycles. The number of nitrogens with one attached hydrogen (secondary N) is 1. The van der Waals surface area contributed by atoms with Crippen molar-refractivity contribution in [1.82, 2.24) is 5.32 Å². The molecule has 1 aliphatic rings. The second-order valence-electron chi connectivity index (χ2n) is 7.91. The normalized spacial score (nSPS) is 20.8. The summed E-state index contributed by atoms with van der Waals surface area (Å²) in [5, 5.41) is 15.1. The Kier molecular flexibility index (Phi) is 3.49. The molecule has 3 heteroatoms. The Hall–Kier alpha value is -2.34. The van der Waals surface area contributed by atoms with E-state index >= 15 is 0 Å². The first-order valence-electron chi connectivity index (χ1n) is 8.40. The van der Waals surface area contributed by atoms with Crippen molar-refractivity contribution in [2.24, 2.45) is 16.2 Å². The Bertz CT molecular complexity index is 844. The van der Waals surface area contributed by atoms with Crippen LogP contribution in [-0.4, -0.2) is 5.91 Å². The van der Waals surface area contributed by atoms with Crippen LogP contribution in [0.3, 0.4) is 0 Å². The molecule has 1 amide bonds. The maximum atomic E-state index is 12.9. The van der Waals surface area contributed by atoms with Crippen LogP contribution in [0.2, 0.25) is 0 Å². The summed E-state index contributed by atoms with van der Waals surface area (Å²) in [5.74, 6) is -0.166. The largest absolute Gasteiger partial charge is 0.348 e. The van der Waals surface area contributed by atoms with Gasteiger partial charge >= 0.3 is 0 Å². The van der Waals surface area contributed by atoms with Crippen LogP contribution in [0.1, 0.15) is 46.2 Å². The average molecular weight is 320 g/mol. The van der Waals surface area contributed by atoms with Crippen LogP contribution in [0.4, 0.5) is 0 Å². The van der Waals surface area contributed by atoms with Gasteiger partial charge in [-0.25, -0.2) is 0 Å². The molecule has 1 atom stereocenters. The molecule has 0 aliphatic heterocycles. The van der Waals surface area contributed by atoms with E-state index in [1.807, 2.05) is 52.8 Å². The van der Waals surface area contributed by atoms with Gasteiger partial charge in [0, 0.05) is 10.8 Å². The standard InChI is InChI=1S/C21H24N2O/c1-14(16-11-10-15-8-6-7-9-17(15)12-16)23-18(24)21(13-22)19(2,3)20(21,4)5/h6-12,14H,1-5H3,(H,23,24)/t14-/m1/s1. The molecule has 0 saturated heterocycles. The molecule has 0 heterocycles. The predicted molar refractivity (Wildman–Crippen MR) is 96.1 cm³/mol. The van der Waals surface area contributed by atoms with Crippen LogP contribution < -0.4 is 5.32 Å². The van der Waals surface area contributed by atoms with E-state index in [0.717, 1.165) is 10.9 Å². The van der Waals surface area contributed by atoms with E-state index in [2.05, 4.69) is 35.7 Å². The molecular formula is C21H24N2O. The van der Waals surface area contributed by atoms with Crippen molar-refractivity contribution in [2.75, 3.05) is 0 Å². The fourth-order valence-electron chi connectivity index (χ4n) is 4.08. The number of hydrogen-bond donors (Lipinski definition) is 1. The molecule has 2 aromatic rings. The number of nitriles is 1. The maximum Gasteiger partial charge on any atom is 0.242 e. The number of carbonyl (C=O) groups excluding carboxylic acids is 1. The van der Waals surface area contributed by atoms with Crippen LogP contribution in [0, 0.1) is 27.6 Å². The summed E-state index contributed by atoms with van der Waals surface area (Å²) in [5.41, 5.74) is -0.582. The lowest BCUT2D eigenvalue weighted by Crippen LogP contribution is -2.37. The number of hydrogen-bond acceptors (Lipinski definition) is 2. The van der Waals surface area contributed by atoms with Crippen molar-refractivity contribution >= 4 is 16.7 Å². The molecule has 124 valence electrons.